The Labute approximate surface area is 105 Å². The van der Waals surface area contributed by atoms with Gasteiger partial charge in [-0.2, -0.15) is 4.83 Å². The van der Waals surface area contributed by atoms with E-state index in [9.17, 15) is 13.2 Å². The molecule has 7 nitrogen and oxygen atoms in total. The highest BCUT2D eigenvalue weighted by atomic mass is 32.2. The van der Waals surface area contributed by atoms with Crippen molar-refractivity contribution in [3.8, 4) is 5.75 Å². The second-order valence-electron chi connectivity index (χ2n) is 3.80. The Hall–Kier alpha value is -1.64. The van der Waals surface area contributed by atoms with Crippen LogP contribution in [0.15, 0.2) is 23.1 Å². The van der Waals surface area contributed by atoms with Crippen molar-refractivity contribution in [2.45, 2.75) is 11.3 Å². The molecular weight excluding hydrogens is 258 g/mol. The quantitative estimate of drug-likeness (QED) is 0.562. The lowest BCUT2D eigenvalue weighted by Crippen LogP contribution is -2.30. The summed E-state index contributed by atoms with van der Waals surface area (Å²) >= 11 is 0. The van der Waals surface area contributed by atoms with Crippen molar-refractivity contribution in [1.82, 2.24) is 4.83 Å². The van der Waals surface area contributed by atoms with Crippen molar-refractivity contribution >= 4 is 21.6 Å². The fraction of sp³-hybridized carbons (Fsp3) is 0.300. The molecule has 0 fully saturated rings. The van der Waals surface area contributed by atoms with Crippen LogP contribution in [0.1, 0.15) is 6.42 Å². The number of hydrogen-bond acceptors (Lipinski definition) is 5. The summed E-state index contributed by atoms with van der Waals surface area (Å²) in [7, 11) is -2.18. The zero-order chi connectivity index (χ0) is 13.3. The fourth-order valence-corrected chi connectivity index (χ4v) is 2.32. The van der Waals surface area contributed by atoms with Gasteiger partial charge in [-0.15, -0.1) is 0 Å². The number of fused-ring (bicyclic) bond motifs is 1. The summed E-state index contributed by atoms with van der Waals surface area (Å²) in [5, 5.41) is 0. The first kappa shape index (κ1) is 12.8. The molecule has 3 N–H and O–H groups in total. The van der Waals surface area contributed by atoms with E-state index < -0.39 is 10.0 Å². The number of benzene rings is 1. The number of hydrazine groups is 1. The number of nitrogens with one attached hydrogen (secondary N) is 1. The smallest absolute Gasteiger partial charge is 0.253 e. The van der Waals surface area contributed by atoms with Gasteiger partial charge in [-0.3, -0.25) is 10.6 Å². The fourth-order valence-electron chi connectivity index (χ4n) is 1.67. The molecule has 1 aliphatic rings. The van der Waals surface area contributed by atoms with Gasteiger partial charge in [-0.1, -0.05) is 0 Å². The Morgan fingerprint density at radius 3 is 2.83 bits per heavy atom. The third-order valence-corrected chi connectivity index (χ3v) is 3.89. The van der Waals surface area contributed by atoms with Crippen LogP contribution in [0.4, 0.5) is 5.69 Å². The molecule has 0 aromatic heterocycles. The average Bonchev–Trinajstić information content (AvgIpc) is 2.50. The normalized spacial score (nSPS) is 15.9. The third-order valence-electron chi connectivity index (χ3n) is 2.70. The van der Waals surface area contributed by atoms with E-state index in [2.05, 4.69) is 0 Å². The van der Waals surface area contributed by atoms with Gasteiger partial charge in [0.2, 0.25) is 5.91 Å². The molecule has 0 atom stereocenters. The van der Waals surface area contributed by atoms with E-state index in [1.807, 2.05) is 0 Å². The van der Waals surface area contributed by atoms with Crippen molar-refractivity contribution in [3.05, 3.63) is 18.2 Å². The number of carbonyl (C=O) groups excluding carboxylic acids is 1. The molecule has 98 valence electrons. The standard InChI is InChI=1S/C10H13N3O4S/c1-13-8-6-7(18(15,16)12-11)2-3-9(8)17-5-4-10(13)14/h2-3,6,12H,4-5,11H2,1H3. The minimum atomic E-state index is -3.75. The van der Waals surface area contributed by atoms with Crippen molar-refractivity contribution < 1.29 is 17.9 Å². The van der Waals surface area contributed by atoms with E-state index in [-0.39, 0.29) is 23.8 Å². The third kappa shape index (κ3) is 2.17. The molecule has 0 radical (unpaired) electrons. The second-order valence-corrected chi connectivity index (χ2v) is 5.52. The molecule has 1 amide bonds. The summed E-state index contributed by atoms with van der Waals surface area (Å²) < 4.78 is 28.5. The van der Waals surface area contributed by atoms with Gasteiger partial charge in [0.25, 0.3) is 10.0 Å². The molecule has 0 aliphatic carbocycles. The summed E-state index contributed by atoms with van der Waals surface area (Å²) in [6.45, 7) is 0.275. The number of nitrogens with two attached hydrogens (primary N) is 1. The second kappa shape index (κ2) is 4.56. The Morgan fingerprint density at radius 1 is 1.44 bits per heavy atom. The predicted octanol–water partition coefficient (Wildman–Crippen LogP) is -0.416. The molecule has 0 bridgehead atoms. The van der Waals surface area contributed by atoms with Gasteiger partial charge >= 0.3 is 0 Å². The molecule has 1 aromatic carbocycles. The Morgan fingerprint density at radius 2 is 2.17 bits per heavy atom. The van der Waals surface area contributed by atoms with Crippen molar-refractivity contribution in [1.29, 1.82) is 0 Å². The number of amides is 1. The number of nitrogens with zero attached hydrogens (tertiary/aromatic N) is 1. The summed E-state index contributed by atoms with van der Waals surface area (Å²) in [6.07, 6.45) is 0.252. The SMILES string of the molecule is CN1C(=O)CCOc2ccc(S(=O)(=O)NN)cc21. The van der Waals surface area contributed by atoms with Gasteiger partial charge in [0.15, 0.2) is 0 Å². The molecule has 0 unspecified atom stereocenters. The molecule has 1 aromatic rings. The van der Waals surface area contributed by atoms with Crippen LogP contribution in [-0.2, 0) is 14.8 Å². The highest BCUT2D eigenvalue weighted by molar-refractivity contribution is 7.89. The number of hydrogen-bond donors (Lipinski definition) is 2. The van der Waals surface area contributed by atoms with E-state index in [0.29, 0.717) is 11.4 Å². The Kier molecular flexibility index (Phi) is 3.24. The number of ether oxygens (including phenoxy) is 1. The van der Waals surface area contributed by atoms with Gasteiger partial charge < -0.3 is 9.64 Å². The molecule has 8 heteroatoms. The Balaban J connectivity index is 2.54. The van der Waals surface area contributed by atoms with E-state index in [0.717, 1.165) is 0 Å². The summed E-state index contributed by atoms with van der Waals surface area (Å²) in [5.74, 6) is 5.29. The lowest BCUT2D eigenvalue weighted by atomic mass is 10.2. The first-order chi connectivity index (χ1) is 8.45. The molecule has 18 heavy (non-hydrogen) atoms. The summed E-state index contributed by atoms with van der Waals surface area (Å²) in [4.78, 5) is 14.8. The average molecular weight is 271 g/mol. The number of carbonyl (C=O) groups is 1. The molecule has 0 saturated heterocycles. The van der Waals surface area contributed by atoms with Crippen LogP contribution in [0.3, 0.4) is 0 Å². The van der Waals surface area contributed by atoms with Crippen molar-refractivity contribution in [2.24, 2.45) is 5.84 Å². The molecule has 1 aliphatic heterocycles. The molecule has 2 rings (SSSR count). The molecular formula is C10H13N3O4S. The van der Waals surface area contributed by atoms with E-state index in [4.69, 9.17) is 10.6 Å². The van der Waals surface area contributed by atoms with Crippen LogP contribution >= 0.6 is 0 Å². The summed E-state index contributed by atoms with van der Waals surface area (Å²) in [5.41, 5.74) is 0.411. The lowest BCUT2D eigenvalue weighted by molar-refractivity contribution is -0.118. The van der Waals surface area contributed by atoms with Crippen molar-refractivity contribution in [2.75, 3.05) is 18.6 Å². The maximum Gasteiger partial charge on any atom is 0.253 e. The van der Waals surface area contributed by atoms with Gasteiger partial charge in [-0.25, -0.2) is 8.42 Å². The Bertz CT molecular complexity index is 585. The first-order valence-corrected chi connectivity index (χ1v) is 6.70. The van der Waals surface area contributed by atoms with Crippen LogP contribution in [0, 0.1) is 0 Å². The van der Waals surface area contributed by atoms with E-state index in [1.165, 1.54) is 23.1 Å². The zero-order valence-corrected chi connectivity index (χ0v) is 10.5. The van der Waals surface area contributed by atoms with Crippen LogP contribution < -0.4 is 20.3 Å². The van der Waals surface area contributed by atoms with Crippen LogP contribution in [0.2, 0.25) is 0 Å². The van der Waals surface area contributed by atoms with Gasteiger partial charge in [0, 0.05) is 7.05 Å². The lowest BCUT2D eigenvalue weighted by Gasteiger charge is -2.17. The predicted molar refractivity (Wildman–Crippen MR) is 64.5 cm³/mol. The number of rotatable bonds is 2. The van der Waals surface area contributed by atoms with Crippen molar-refractivity contribution in [3.63, 3.8) is 0 Å². The minimum absolute atomic E-state index is 0.0195. The van der Waals surface area contributed by atoms with Crippen LogP contribution in [0.25, 0.3) is 0 Å². The zero-order valence-electron chi connectivity index (χ0n) is 9.71. The summed E-state index contributed by atoms with van der Waals surface area (Å²) in [6, 6.07) is 4.24. The maximum atomic E-state index is 11.7. The van der Waals surface area contributed by atoms with E-state index in [1.54, 1.807) is 11.9 Å². The van der Waals surface area contributed by atoms with Gasteiger partial charge in [0.1, 0.15) is 5.75 Å². The van der Waals surface area contributed by atoms with E-state index >= 15 is 0 Å². The monoisotopic (exact) mass is 271 g/mol. The van der Waals surface area contributed by atoms with Gasteiger partial charge in [0.05, 0.1) is 23.6 Å². The molecule has 0 saturated carbocycles. The highest BCUT2D eigenvalue weighted by Gasteiger charge is 2.22. The number of anilines is 1. The minimum Gasteiger partial charge on any atom is -0.491 e. The number of sulfonamides is 1. The van der Waals surface area contributed by atoms with Crippen LogP contribution in [0.5, 0.6) is 5.75 Å². The van der Waals surface area contributed by atoms with Crippen LogP contribution in [-0.4, -0.2) is 28.0 Å². The molecule has 0 spiro atoms. The largest absolute Gasteiger partial charge is 0.491 e. The topological polar surface area (TPSA) is 102 Å². The highest BCUT2D eigenvalue weighted by Crippen LogP contribution is 2.32. The first-order valence-electron chi connectivity index (χ1n) is 5.21. The molecule has 1 heterocycles. The maximum absolute atomic E-state index is 11.7. The van der Waals surface area contributed by atoms with Gasteiger partial charge in [-0.05, 0) is 18.2 Å².